The zero-order valence-electron chi connectivity index (χ0n) is 44.7. The summed E-state index contributed by atoms with van der Waals surface area (Å²) in [5.74, 6) is -6.30. The second kappa shape index (κ2) is 28.8. The predicted octanol–water partition coefficient (Wildman–Crippen LogP) is 16.3. The molecule has 0 aliphatic carbocycles. The first kappa shape index (κ1) is 61.9. The Morgan fingerprint density at radius 3 is 1.30 bits per heavy atom. The molecule has 84 heavy (non-hydrogen) atoms. The van der Waals surface area contributed by atoms with E-state index in [0.717, 1.165) is 27.8 Å². The first-order chi connectivity index (χ1) is 40.0. The fourth-order valence-electron chi connectivity index (χ4n) is 8.03. The van der Waals surface area contributed by atoms with Gasteiger partial charge in [-0.05, 0) is 148 Å². The average molecular weight is 1140 g/mol. The number of carboxylic acid groups (broad SMARTS) is 3. The van der Waals surface area contributed by atoms with Crippen LogP contribution in [0.2, 0.25) is 0 Å². The second-order valence-electron chi connectivity index (χ2n) is 18.2. The summed E-state index contributed by atoms with van der Waals surface area (Å²) in [4.78, 5) is 43.7. The molecular formula is C68H52F4O12. The molecule has 0 atom stereocenters. The van der Waals surface area contributed by atoms with E-state index in [-0.39, 0.29) is 62.9 Å². The summed E-state index contributed by atoms with van der Waals surface area (Å²) in [6.07, 6.45) is 0. The lowest BCUT2D eigenvalue weighted by molar-refractivity contribution is 0.0682. The third kappa shape index (κ3) is 16.9. The summed E-state index contributed by atoms with van der Waals surface area (Å²) in [6.45, 7) is 6.69. The lowest BCUT2D eigenvalue weighted by Gasteiger charge is -2.08. The third-order valence-corrected chi connectivity index (χ3v) is 12.4. The lowest BCUT2D eigenvalue weighted by Crippen LogP contribution is -1.97. The van der Waals surface area contributed by atoms with Crippen molar-refractivity contribution in [2.45, 2.75) is 13.8 Å². The van der Waals surface area contributed by atoms with Crippen LogP contribution < -0.4 is 0 Å². The number of aromatic hydroxyl groups is 4. The van der Waals surface area contributed by atoms with Gasteiger partial charge in [-0.25, -0.2) is 31.9 Å². The van der Waals surface area contributed by atoms with Gasteiger partial charge < -0.3 is 40.9 Å². The van der Waals surface area contributed by atoms with Crippen molar-refractivity contribution in [3.63, 3.8) is 0 Å². The summed E-state index contributed by atoms with van der Waals surface area (Å²) in [5, 5.41) is 73.5. The number of hydrogen-bond donors (Lipinski definition) is 8. The molecule has 10 rings (SSSR count). The number of carbonyl (C=O) groups is 4. The van der Waals surface area contributed by atoms with E-state index in [1.807, 2.05) is 42.5 Å². The summed E-state index contributed by atoms with van der Waals surface area (Å²) < 4.78 is 51.9. The summed E-state index contributed by atoms with van der Waals surface area (Å²) in [7, 11) is 0. The van der Waals surface area contributed by atoms with Crippen LogP contribution >= 0.6 is 0 Å². The maximum Gasteiger partial charge on any atom is 0.339 e. The molecule has 8 N–H and O–H groups in total. The van der Waals surface area contributed by atoms with E-state index >= 15 is 0 Å². The molecule has 0 heterocycles. The number of hydrogen-bond acceptors (Lipinski definition) is 9. The molecule has 12 nitrogen and oxygen atoms in total. The standard InChI is InChI=1S/C14H11FO3.C14H11FO2.C14H11FO.C13H9FO3.C13H10O3/c1-8-6-10(15)3-4-11(8)9-2-5-13(16)12(7-9)14(17)18;1-9(16)10-2-4-11(5-3-10)12-6-7-14(17)13(15)8-12;1-10(16)11-2-4-12(5-3-11)13-6-8-14(15)9-7-13;14-10-3-1-2-8(6-10)9-4-5-12(15)11(7-9)13(16)17;14-12-10(9-5-2-1-3-6-9)7-4-8-11(12)13(15)16/h2-7,16H,1H3,(H,17,18);2-8,16-17H,1H2;2-9H,1H3;1-7,15H,(H,16,17);1-8,14H,(H,15,16). The fourth-order valence-corrected chi connectivity index (χ4v) is 8.03. The first-order valence-electron chi connectivity index (χ1n) is 25.1. The quantitative estimate of drug-likeness (QED) is 0.0363. The van der Waals surface area contributed by atoms with Gasteiger partial charge in [0.05, 0.1) is 0 Å². The Labute approximate surface area is 479 Å². The Morgan fingerprint density at radius 1 is 0.357 bits per heavy atom. The van der Waals surface area contributed by atoms with Crippen molar-refractivity contribution in [3.8, 4) is 78.6 Å². The molecule has 0 spiro atoms. The van der Waals surface area contributed by atoms with Gasteiger partial charge in [0.2, 0.25) is 0 Å². The van der Waals surface area contributed by atoms with Crippen molar-refractivity contribution < 1.29 is 77.6 Å². The number of carbonyl (C=O) groups excluding carboxylic acids is 1. The van der Waals surface area contributed by atoms with E-state index in [4.69, 9.17) is 20.4 Å². The summed E-state index contributed by atoms with van der Waals surface area (Å²) in [5.41, 5.74) is 8.73. The van der Waals surface area contributed by atoms with Crippen LogP contribution in [0.15, 0.2) is 225 Å². The number of benzene rings is 10. The van der Waals surface area contributed by atoms with Crippen molar-refractivity contribution in [2.24, 2.45) is 0 Å². The van der Waals surface area contributed by atoms with Crippen LogP contribution in [0, 0.1) is 30.2 Å². The molecule has 10 aromatic carbocycles. The highest BCUT2D eigenvalue weighted by Gasteiger charge is 2.15. The number of halogens is 4. The molecule has 0 fully saturated rings. The maximum absolute atomic E-state index is 13.2. The minimum atomic E-state index is -1.22. The molecule has 0 aliphatic rings. The normalized spacial score (nSPS) is 10.2. The number of phenolic OH excluding ortho intramolecular Hbond substituents is 1. The van der Waals surface area contributed by atoms with Crippen molar-refractivity contribution in [1.29, 1.82) is 0 Å². The Bertz CT molecular complexity index is 3980. The van der Waals surface area contributed by atoms with Gasteiger partial charge >= 0.3 is 17.9 Å². The highest BCUT2D eigenvalue weighted by Crippen LogP contribution is 2.33. The largest absolute Gasteiger partial charge is 0.508 e. The number of carboxylic acids is 3. The Kier molecular flexibility index (Phi) is 21.2. The lowest BCUT2D eigenvalue weighted by atomic mass is 9.98. The van der Waals surface area contributed by atoms with Gasteiger partial charge in [-0.3, -0.25) is 4.79 Å². The van der Waals surface area contributed by atoms with Crippen LogP contribution in [0.3, 0.4) is 0 Å². The molecule has 0 amide bonds. The monoisotopic (exact) mass is 1140 g/mol. The molecule has 0 saturated heterocycles. The molecule has 424 valence electrons. The summed E-state index contributed by atoms with van der Waals surface area (Å²) >= 11 is 0. The molecule has 0 unspecified atom stereocenters. The number of aliphatic hydroxyl groups excluding tert-OH is 1. The predicted molar refractivity (Wildman–Crippen MR) is 313 cm³/mol. The van der Waals surface area contributed by atoms with Crippen molar-refractivity contribution in [3.05, 3.63) is 282 Å². The van der Waals surface area contributed by atoms with Crippen molar-refractivity contribution in [2.75, 3.05) is 0 Å². The van der Waals surface area contributed by atoms with Crippen LogP contribution in [0.1, 0.15) is 59.5 Å². The molecular weight excluding hydrogens is 1080 g/mol. The van der Waals surface area contributed by atoms with E-state index in [2.05, 4.69) is 6.58 Å². The first-order valence-corrected chi connectivity index (χ1v) is 25.1. The minimum absolute atomic E-state index is 0.00608. The number of aromatic carboxylic acids is 3. The minimum Gasteiger partial charge on any atom is -0.508 e. The van der Waals surface area contributed by atoms with Crippen LogP contribution in [-0.2, 0) is 0 Å². The molecule has 0 aromatic heterocycles. The molecule has 0 radical (unpaired) electrons. The number of aryl methyl sites for hydroxylation is 1. The summed E-state index contributed by atoms with van der Waals surface area (Å²) in [6, 6.07) is 57.1. The van der Waals surface area contributed by atoms with Gasteiger partial charge in [0, 0.05) is 16.7 Å². The van der Waals surface area contributed by atoms with Gasteiger partial charge in [-0.15, -0.1) is 0 Å². The average Bonchev–Trinajstić information content (AvgIpc) is 3.65. The van der Waals surface area contributed by atoms with Crippen molar-refractivity contribution in [1.82, 2.24) is 0 Å². The van der Waals surface area contributed by atoms with E-state index < -0.39 is 29.5 Å². The van der Waals surface area contributed by atoms with Crippen LogP contribution in [0.25, 0.3) is 61.4 Å². The molecule has 10 aromatic rings. The number of rotatable bonds is 10. The second-order valence-corrected chi connectivity index (χ2v) is 18.2. The highest BCUT2D eigenvalue weighted by molar-refractivity contribution is 5.96. The van der Waals surface area contributed by atoms with Gasteiger partial charge in [-0.2, -0.15) is 0 Å². The number of para-hydroxylation sites is 1. The maximum atomic E-state index is 13.2. The number of aliphatic hydroxyl groups is 1. The highest BCUT2D eigenvalue weighted by atomic mass is 19.1. The third-order valence-electron chi connectivity index (χ3n) is 12.4. The number of Topliss-reactive ketones (excluding diaryl/α,β-unsaturated/α-hetero) is 1. The Balaban J connectivity index is 0.000000168. The van der Waals surface area contributed by atoms with Gasteiger partial charge in [0.15, 0.2) is 17.3 Å². The van der Waals surface area contributed by atoms with E-state index in [1.165, 1.54) is 97.9 Å². The molecule has 0 bridgehead atoms. The van der Waals surface area contributed by atoms with E-state index in [1.54, 1.807) is 91.9 Å². The fraction of sp³-hybridized carbons (Fsp3) is 0.0294. The molecule has 0 saturated carbocycles. The van der Waals surface area contributed by atoms with Crippen LogP contribution in [-0.4, -0.2) is 64.5 Å². The Hall–Kier alpha value is -11.3. The van der Waals surface area contributed by atoms with Gasteiger partial charge in [0.1, 0.15) is 57.1 Å². The smallest absolute Gasteiger partial charge is 0.339 e. The van der Waals surface area contributed by atoms with Gasteiger partial charge in [-0.1, -0.05) is 146 Å². The SMILES string of the molecule is C=C(O)c1ccc(-c2ccc(O)c(F)c2)cc1.CC(=O)c1ccc(-c2ccc(F)cc2)cc1.Cc1cc(F)ccc1-c1ccc(O)c(C(=O)O)c1.O=C(O)c1cc(-c2cccc(F)c2)ccc1O.O=C(O)c1cccc(-c2ccccc2)c1O. The van der Waals surface area contributed by atoms with E-state index in [9.17, 15) is 57.2 Å². The Morgan fingerprint density at radius 2 is 0.786 bits per heavy atom. The van der Waals surface area contributed by atoms with Crippen molar-refractivity contribution >= 4 is 29.5 Å². The number of ketones is 1. The molecule has 0 aliphatic heterocycles. The van der Waals surface area contributed by atoms with Crippen LogP contribution in [0.4, 0.5) is 17.6 Å². The topological polar surface area (TPSA) is 230 Å². The zero-order chi connectivity index (χ0) is 61.2. The van der Waals surface area contributed by atoms with Crippen LogP contribution in [0.5, 0.6) is 23.0 Å². The zero-order valence-corrected chi connectivity index (χ0v) is 44.7. The van der Waals surface area contributed by atoms with E-state index in [0.29, 0.717) is 44.5 Å². The molecule has 16 heteroatoms. The van der Waals surface area contributed by atoms with Gasteiger partial charge in [0.25, 0.3) is 0 Å². The number of phenols is 4.